The molecule has 0 spiro atoms. The van der Waals surface area contributed by atoms with Crippen molar-refractivity contribution in [2.24, 2.45) is 0 Å². The van der Waals surface area contributed by atoms with Crippen molar-refractivity contribution in [3.05, 3.63) is 54.1 Å². The van der Waals surface area contributed by atoms with Crippen molar-refractivity contribution in [2.45, 2.75) is 39.7 Å². The molecule has 0 radical (unpaired) electrons. The van der Waals surface area contributed by atoms with Crippen LogP contribution in [-0.4, -0.2) is 33.2 Å². The van der Waals surface area contributed by atoms with Gasteiger partial charge in [-0.15, -0.1) is 0 Å². The maximum absolute atomic E-state index is 12.9. The van der Waals surface area contributed by atoms with Crippen LogP contribution in [0.5, 0.6) is 5.75 Å². The Morgan fingerprint density at radius 2 is 1.64 bits per heavy atom. The number of hydrogen-bond acceptors (Lipinski definition) is 4. The first-order valence-corrected chi connectivity index (χ1v) is 11.3. The molecule has 2 aromatic rings. The lowest BCUT2D eigenvalue weighted by molar-refractivity contribution is -0.117. The molecule has 152 valence electrons. The number of hydrogen-bond donors (Lipinski definition) is 1. The Morgan fingerprint density at radius 3 is 2.11 bits per heavy atom. The first kappa shape index (κ1) is 21.8. The average Bonchev–Trinajstić information content (AvgIpc) is 2.66. The number of ether oxygens (including phenoxy) is 1. The highest BCUT2D eigenvalue weighted by atomic mass is 32.2. The van der Waals surface area contributed by atoms with Crippen LogP contribution in [0.4, 0.5) is 11.4 Å². The second kappa shape index (κ2) is 9.59. The van der Waals surface area contributed by atoms with Gasteiger partial charge in [-0.3, -0.25) is 9.10 Å². The van der Waals surface area contributed by atoms with E-state index in [0.29, 0.717) is 30.2 Å². The number of benzene rings is 2. The van der Waals surface area contributed by atoms with E-state index in [2.05, 4.69) is 12.2 Å². The Kier molecular flexibility index (Phi) is 7.45. The molecule has 1 amide bonds. The molecule has 0 bridgehead atoms. The zero-order valence-corrected chi connectivity index (χ0v) is 17.6. The average molecular weight is 405 g/mol. The lowest BCUT2D eigenvalue weighted by Gasteiger charge is -2.30. The smallest absolute Gasteiger partial charge is 0.248 e. The van der Waals surface area contributed by atoms with E-state index in [1.807, 2.05) is 31.2 Å². The molecule has 1 N–H and O–H groups in total. The summed E-state index contributed by atoms with van der Waals surface area (Å²) in [4.78, 5) is 12.9. The summed E-state index contributed by atoms with van der Waals surface area (Å²) in [5, 5.41) is 2.83. The Hall–Kier alpha value is -2.54. The van der Waals surface area contributed by atoms with Gasteiger partial charge in [-0.05, 0) is 61.7 Å². The highest BCUT2D eigenvalue weighted by Crippen LogP contribution is 2.26. The largest absolute Gasteiger partial charge is 0.494 e. The molecule has 2 rings (SSSR count). The number of amides is 1. The molecule has 0 fully saturated rings. The van der Waals surface area contributed by atoms with Crippen LogP contribution >= 0.6 is 0 Å². The molecule has 0 aliphatic carbocycles. The summed E-state index contributed by atoms with van der Waals surface area (Å²) in [5.41, 5.74) is 2.23. The van der Waals surface area contributed by atoms with Crippen molar-refractivity contribution in [2.75, 3.05) is 22.5 Å². The number of nitrogens with zero attached hydrogens (tertiary/aromatic N) is 1. The van der Waals surface area contributed by atoms with Gasteiger partial charge in [0.2, 0.25) is 15.9 Å². The quantitative estimate of drug-likeness (QED) is 0.689. The molecule has 0 heterocycles. The van der Waals surface area contributed by atoms with Crippen LogP contribution in [0.1, 0.15) is 32.8 Å². The SMILES string of the molecule is CCOc1ccc(N([C@@H](CC)C(=O)Nc2ccc(CC)cc2)S(C)(=O)=O)cc1. The zero-order valence-electron chi connectivity index (χ0n) is 16.8. The third-order valence-electron chi connectivity index (χ3n) is 4.36. The zero-order chi connectivity index (χ0) is 20.7. The molecule has 7 heteroatoms. The fourth-order valence-corrected chi connectivity index (χ4v) is 4.18. The Labute approximate surface area is 167 Å². The first-order valence-electron chi connectivity index (χ1n) is 9.42. The predicted molar refractivity (Wildman–Crippen MR) is 113 cm³/mol. The molecule has 0 aromatic heterocycles. The molecule has 0 aliphatic heterocycles. The van der Waals surface area contributed by atoms with E-state index in [0.717, 1.165) is 18.2 Å². The highest BCUT2D eigenvalue weighted by Gasteiger charge is 2.31. The number of carbonyl (C=O) groups is 1. The highest BCUT2D eigenvalue weighted by molar-refractivity contribution is 7.92. The molecule has 0 saturated heterocycles. The lowest BCUT2D eigenvalue weighted by atomic mass is 10.1. The van der Waals surface area contributed by atoms with Crippen LogP contribution in [0.25, 0.3) is 0 Å². The number of sulfonamides is 1. The number of aryl methyl sites for hydroxylation is 1. The minimum atomic E-state index is -3.67. The van der Waals surface area contributed by atoms with Gasteiger partial charge >= 0.3 is 0 Å². The number of rotatable bonds is 9. The first-order chi connectivity index (χ1) is 13.3. The summed E-state index contributed by atoms with van der Waals surface area (Å²) in [7, 11) is -3.67. The third kappa shape index (κ3) is 5.48. The minimum absolute atomic E-state index is 0.332. The van der Waals surface area contributed by atoms with Gasteiger partial charge in [0.05, 0.1) is 18.6 Å². The molecular weight excluding hydrogens is 376 g/mol. The maximum Gasteiger partial charge on any atom is 0.248 e. The monoisotopic (exact) mass is 404 g/mol. The van der Waals surface area contributed by atoms with E-state index in [9.17, 15) is 13.2 Å². The fourth-order valence-electron chi connectivity index (χ4n) is 2.97. The van der Waals surface area contributed by atoms with Crippen molar-refractivity contribution in [3.8, 4) is 5.75 Å². The minimum Gasteiger partial charge on any atom is -0.494 e. The Morgan fingerprint density at radius 1 is 1.04 bits per heavy atom. The molecule has 28 heavy (non-hydrogen) atoms. The third-order valence-corrected chi connectivity index (χ3v) is 5.54. The van der Waals surface area contributed by atoms with Crippen molar-refractivity contribution in [1.82, 2.24) is 0 Å². The van der Waals surface area contributed by atoms with Crippen LogP contribution in [0.3, 0.4) is 0 Å². The Balaban J connectivity index is 2.29. The number of nitrogens with one attached hydrogen (secondary N) is 1. The van der Waals surface area contributed by atoms with E-state index >= 15 is 0 Å². The van der Waals surface area contributed by atoms with Crippen LogP contribution in [0.2, 0.25) is 0 Å². The molecule has 2 aromatic carbocycles. The van der Waals surface area contributed by atoms with Crippen LogP contribution in [-0.2, 0) is 21.2 Å². The van der Waals surface area contributed by atoms with Crippen molar-refractivity contribution < 1.29 is 17.9 Å². The van der Waals surface area contributed by atoms with Gasteiger partial charge in [-0.25, -0.2) is 8.42 Å². The van der Waals surface area contributed by atoms with Crippen molar-refractivity contribution >= 4 is 27.3 Å². The van der Waals surface area contributed by atoms with E-state index in [1.54, 1.807) is 31.2 Å². The van der Waals surface area contributed by atoms with E-state index in [4.69, 9.17) is 4.74 Å². The maximum atomic E-state index is 12.9. The summed E-state index contributed by atoms with van der Waals surface area (Å²) >= 11 is 0. The van der Waals surface area contributed by atoms with Gasteiger partial charge in [-0.2, -0.15) is 0 Å². The van der Waals surface area contributed by atoms with Crippen LogP contribution in [0.15, 0.2) is 48.5 Å². The molecule has 0 aliphatic rings. The lowest BCUT2D eigenvalue weighted by Crippen LogP contribution is -2.46. The topological polar surface area (TPSA) is 75.7 Å². The van der Waals surface area contributed by atoms with Crippen molar-refractivity contribution in [1.29, 1.82) is 0 Å². The van der Waals surface area contributed by atoms with Crippen molar-refractivity contribution in [3.63, 3.8) is 0 Å². The molecule has 0 unspecified atom stereocenters. The van der Waals surface area contributed by atoms with Gasteiger partial charge in [0.15, 0.2) is 0 Å². The standard InChI is InChI=1S/C21H28N2O4S/c1-5-16-8-10-17(11-9-16)22-21(24)20(6-2)23(28(4,25)26)18-12-14-19(15-13-18)27-7-3/h8-15,20H,5-7H2,1-4H3,(H,22,24)/t20-/m0/s1. The van der Waals surface area contributed by atoms with Crippen LogP contribution < -0.4 is 14.4 Å². The predicted octanol–water partition coefficient (Wildman–Crippen LogP) is 3.83. The molecule has 1 atom stereocenters. The van der Waals surface area contributed by atoms with Gasteiger partial charge in [0.25, 0.3) is 0 Å². The fraction of sp³-hybridized carbons (Fsp3) is 0.381. The molecule has 6 nitrogen and oxygen atoms in total. The molecule has 0 saturated carbocycles. The summed E-state index contributed by atoms with van der Waals surface area (Å²) < 4.78 is 31.6. The van der Waals surface area contributed by atoms with Crippen LogP contribution in [0, 0.1) is 0 Å². The second-order valence-electron chi connectivity index (χ2n) is 6.45. The Bertz CT molecular complexity index is 878. The summed E-state index contributed by atoms with van der Waals surface area (Å²) in [6.45, 7) is 6.24. The van der Waals surface area contributed by atoms with Gasteiger partial charge in [0.1, 0.15) is 11.8 Å². The second-order valence-corrected chi connectivity index (χ2v) is 8.31. The summed E-state index contributed by atoms with van der Waals surface area (Å²) in [6, 6.07) is 13.4. The van der Waals surface area contributed by atoms with Gasteiger partial charge in [-0.1, -0.05) is 26.0 Å². The number of carbonyl (C=O) groups excluding carboxylic acids is 1. The van der Waals surface area contributed by atoms with Gasteiger partial charge < -0.3 is 10.1 Å². The van der Waals surface area contributed by atoms with E-state index < -0.39 is 16.1 Å². The molecular formula is C21H28N2O4S. The summed E-state index contributed by atoms with van der Waals surface area (Å²) in [5.74, 6) is 0.277. The number of anilines is 2. The van der Waals surface area contributed by atoms with E-state index in [-0.39, 0.29) is 5.91 Å². The van der Waals surface area contributed by atoms with E-state index in [1.165, 1.54) is 4.31 Å². The van der Waals surface area contributed by atoms with Gasteiger partial charge in [0, 0.05) is 5.69 Å². The summed E-state index contributed by atoms with van der Waals surface area (Å²) in [6.07, 6.45) is 2.35. The normalized spacial score (nSPS) is 12.3.